The van der Waals surface area contributed by atoms with Crippen molar-refractivity contribution in [1.82, 2.24) is 15.3 Å². The smallest absolute Gasteiger partial charge is 0.230 e. The van der Waals surface area contributed by atoms with Crippen LogP contribution in [0.15, 0.2) is 64.6 Å². The lowest BCUT2D eigenvalue weighted by Gasteiger charge is -2.09. The summed E-state index contributed by atoms with van der Waals surface area (Å²) in [5.74, 6) is 1.96. The van der Waals surface area contributed by atoms with Crippen molar-refractivity contribution in [1.29, 1.82) is 0 Å². The van der Waals surface area contributed by atoms with Crippen molar-refractivity contribution in [3.05, 3.63) is 54.6 Å². The molecule has 2 N–H and O–H groups in total. The lowest BCUT2D eigenvalue weighted by molar-refractivity contribution is -0.118. The molecular weight excluding hydrogens is 376 g/mol. The molecule has 7 heteroatoms. The van der Waals surface area contributed by atoms with Crippen LogP contribution in [-0.4, -0.2) is 40.5 Å². The van der Waals surface area contributed by atoms with Crippen molar-refractivity contribution < 1.29 is 4.79 Å². The average molecular weight is 399 g/mol. The number of rotatable bonds is 9. The van der Waals surface area contributed by atoms with Gasteiger partial charge in [0.05, 0.1) is 11.3 Å². The summed E-state index contributed by atoms with van der Waals surface area (Å²) in [6.45, 7) is 3.45. The molecule has 3 rings (SSSR count). The van der Waals surface area contributed by atoms with Crippen LogP contribution in [0.1, 0.15) is 6.92 Å². The van der Waals surface area contributed by atoms with Crippen molar-refractivity contribution in [2.75, 3.05) is 29.9 Å². The molecule has 1 heterocycles. The van der Waals surface area contributed by atoms with E-state index in [9.17, 15) is 4.79 Å². The minimum atomic E-state index is -0.00424. The molecular formula is C20H22N4OS2. The van der Waals surface area contributed by atoms with Gasteiger partial charge in [0.25, 0.3) is 0 Å². The molecule has 3 aromatic rings. The van der Waals surface area contributed by atoms with Crippen LogP contribution in [0.25, 0.3) is 10.9 Å². The van der Waals surface area contributed by atoms with Crippen LogP contribution in [-0.2, 0) is 4.79 Å². The van der Waals surface area contributed by atoms with E-state index in [1.54, 1.807) is 11.8 Å². The van der Waals surface area contributed by atoms with E-state index >= 15 is 0 Å². The first-order chi connectivity index (χ1) is 13.3. The Morgan fingerprint density at radius 2 is 1.78 bits per heavy atom. The topological polar surface area (TPSA) is 66.9 Å². The number of hydrogen-bond acceptors (Lipinski definition) is 6. The Labute approximate surface area is 167 Å². The number of fused-ring (bicyclic) bond motifs is 1. The van der Waals surface area contributed by atoms with E-state index in [1.807, 2.05) is 49.4 Å². The fourth-order valence-electron chi connectivity index (χ4n) is 2.48. The predicted octanol–water partition coefficient (Wildman–Crippen LogP) is 4.06. The zero-order valence-corrected chi connectivity index (χ0v) is 16.8. The number of thioether (sulfide) groups is 2. The molecule has 0 fully saturated rings. The molecule has 27 heavy (non-hydrogen) atoms. The third-order valence-electron chi connectivity index (χ3n) is 3.70. The number of aromatic nitrogens is 2. The van der Waals surface area contributed by atoms with E-state index in [4.69, 9.17) is 0 Å². The first-order valence-electron chi connectivity index (χ1n) is 8.84. The Hall–Kier alpha value is -2.25. The highest BCUT2D eigenvalue weighted by molar-refractivity contribution is 7.99. The summed E-state index contributed by atoms with van der Waals surface area (Å²) in [5, 5.41) is 7.82. The van der Waals surface area contributed by atoms with Crippen LogP contribution in [0.3, 0.4) is 0 Å². The number of para-hydroxylation sites is 1. The zero-order valence-electron chi connectivity index (χ0n) is 15.1. The molecule has 0 aliphatic rings. The fraction of sp³-hybridized carbons (Fsp3) is 0.250. The summed E-state index contributed by atoms with van der Waals surface area (Å²) >= 11 is 3.09. The average Bonchev–Trinajstić information content (AvgIpc) is 2.71. The number of nitrogens with zero attached hydrogens (tertiary/aromatic N) is 2. The van der Waals surface area contributed by atoms with Gasteiger partial charge in [-0.05, 0) is 31.2 Å². The summed E-state index contributed by atoms with van der Waals surface area (Å²) in [6.07, 6.45) is 0. The fourth-order valence-corrected chi connectivity index (χ4v) is 3.95. The molecule has 1 amide bonds. The van der Waals surface area contributed by atoms with Crippen molar-refractivity contribution in [3.8, 4) is 0 Å². The molecule has 0 aliphatic carbocycles. The lowest BCUT2D eigenvalue weighted by Crippen LogP contribution is -2.27. The molecule has 0 bridgehead atoms. The van der Waals surface area contributed by atoms with Crippen LogP contribution in [0.2, 0.25) is 0 Å². The first-order valence-corrected chi connectivity index (χ1v) is 10.8. The quantitative estimate of drug-likeness (QED) is 0.322. The van der Waals surface area contributed by atoms with Gasteiger partial charge in [-0.3, -0.25) is 4.79 Å². The number of nitrogens with one attached hydrogen (secondary N) is 2. The second-order valence-corrected chi connectivity index (χ2v) is 7.81. The third kappa shape index (κ3) is 5.87. The zero-order chi connectivity index (χ0) is 18.9. The van der Waals surface area contributed by atoms with Gasteiger partial charge in [-0.2, -0.15) is 0 Å². The number of carbonyl (C=O) groups is 1. The third-order valence-corrected chi connectivity index (χ3v) is 5.56. The van der Waals surface area contributed by atoms with Crippen LogP contribution in [0, 0.1) is 0 Å². The van der Waals surface area contributed by atoms with Crippen molar-refractivity contribution >= 4 is 46.2 Å². The van der Waals surface area contributed by atoms with Crippen LogP contribution < -0.4 is 10.6 Å². The van der Waals surface area contributed by atoms with Crippen LogP contribution >= 0.6 is 23.5 Å². The maximum Gasteiger partial charge on any atom is 0.230 e. The van der Waals surface area contributed by atoms with Crippen LogP contribution in [0.5, 0.6) is 0 Å². The normalized spacial score (nSPS) is 10.7. The standard InChI is InChI=1S/C20H22N4OS2/c1-2-21-19-16-10-6-7-11-17(16)23-20(24-19)27-14-18(25)22-12-13-26-15-8-4-3-5-9-15/h3-11H,2,12-14H2,1H3,(H,22,25)(H,21,23,24). The molecule has 5 nitrogen and oxygen atoms in total. The number of benzene rings is 2. The highest BCUT2D eigenvalue weighted by Crippen LogP contribution is 2.24. The highest BCUT2D eigenvalue weighted by Gasteiger charge is 2.09. The van der Waals surface area contributed by atoms with Gasteiger partial charge >= 0.3 is 0 Å². The molecule has 1 aromatic heterocycles. The van der Waals surface area contributed by atoms with E-state index in [0.717, 1.165) is 29.0 Å². The molecule has 0 radical (unpaired) electrons. The molecule has 0 atom stereocenters. The summed E-state index contributed by atoms with van der Waals surface area (Å²) in [7, 11) is 0. The number of hydrogen-bond donors (Lipinski definition) is 2. The van der Waals surface area contributed by atoms with Gasteiger partial charge in [-0.1, -0.05) is 42.1 Å². The van der Waals surface area contributed by atoms with Crippen molar-refractivity contribution in [2.45, 2.75) is 17.0 Å². The SMILES string of the molecule is CCNc1nc(SCC(=O)NCCSc2ccccc2)nc2ccccc12. The van der Waals surface area contributed by atoms with Crippen molar-refractivity contribution in [3.63, 3.8) is 0 Å². The molecule has 0 saturated heterocycles. The molecule has 0 spiro atoms. The Balaban J connectivity index is 1.49. The van der Waals surface area contributed by atoms with Gasteiger partial charge in [0.15, 0.2) is 5.16 Å². The number of amides is 1. The van der Waals surface area contributed by atoms with Gasteiger partial charge in [-0.25, -0.2) is 9.97 Å². The molecule has 0 unspecified atom stereocenters. The molecule has 140 valence electrons. The maximum atomic E-state index is 12.1. The molecule has 0 aliphatic heterocycles. The van der Waals surface area contributed by atoms with Crippen molar-refractivity contribution in [2.24, 2.45) is 0 Å². The second-order valence-electron chi connectivity index (χ2n) is 5.70. The molecule has 0 saturated carbocycles. The minimum absolute atomic E-state index is 0.00424. The van der Waals surface area contributed by atoms with Gasteiger partial charge < -0.3 is 10.6 Å². The van der Waals surface area contributed by atoms with E-state index in [0.29, 0.717) is 17.5 Å². The van der Waals surface area contributed by atoms with Gasteiger partial charge in [0.2, 0.25) is 5.91 Å². The largest absolute Gasteiger partial charge is 0.370 e. The summed E-state index contributed by atoms with van der Waals surface area (Å²) in [6, 6.07) is 18.1. The lowest BCUT2D eigenvalue weighted by atomic mass is 10.2. The van der Waals surface area contributed by atoms with Gasteiger partial charge in [0, 0.05) is 29.1 Å². The molecule has 2 aromatic carbocycles. The second kappa shape index (κ2) is 10.2. The van der Waals surface area contributed by atoms with Gasteiger partial charge in [0.1, 0.15) is 5.82 Å². The maximum absolute atomic E-state index is 12.1. The monoisotopic (exact) mass is 398 g/mol. The van der Waals surface area contributed by atoms with E-state index < -0.39 is 0 Å². The minimum Gasteiger partial charge on any atom is -0.370 e. The Morgan fingerprint density at radius 1 is 1.00 bits per heavy atom. The van der Waals surface area contributed by atoms with E-state index in [-0.39, 0.29) is 5.91 Å². The van der Waals surface area contributed by atoms with E-state index in [2.05, 4.69) is 32.7 Å². The number of anilines is 1. The Morgan fingerprint density at radius 3 is 2.59 bits per heavy atom. The number of carbonyl (C=O) groups excluding carboxylic acids is 1. The summed E-state index contributed by atoms with van der Waals surface area (Å²) in [5.41, 5.74) is 0.880. The Kier molecular flexibility index (Phi) is 7.36. The van der Waals surface area contributed by atoms with Gasteiger partial charge in [-0.15, -0.1) is 11.8 Å². The first kappa shape index (κ1) is 19.5. The van der Waals surface area contributed by atoms with Crippen LogP contribution in [0.4, 0.5) is 5.82 Å². The van der Waals surface area contributed by atoms with E-state index in [1.165, 1.54) is 16.7 Å². The summed E-state index contributed by atoms with van der Waals surface area (Å²) in [4.78, 5) is 22.4. The Bertz CT molecular complexity index is 890. The summed E-state index contributed by atoms with van der Waals surface area (Å²) < 4.78 is 0. The highest BCUT2D eigenvalue weighted by atomic mass is 32.2. The predicted molar refractivity (Wildman–Crippen MR) is 115 cm³/mol.